The number of aromatic nitrogens is 2. The van der Waals surface area contributed by atoms with Crippen LogP contribution >= 0.6 is 11.6 Å². The van der Waals surface area contributed by atoms with Gasteiger partial charge in [-0.15, -0.1) is 0 Å². The van der Waals surface area contributed by atoms with Gasteiger partial charge in [-0.05, 0) is 43.2 Å². The van der Waals surface area contributed by atoms with E-state index in [1.54, 1.807) is 6.20 Å². The van der Waals surface area contributed by atoms with E-state index in [0.717, 1.165) is 23.7 Å². The van der Waals surface area contributed by atoms with E-state index in [0.29, 0.717) is 22.3 Å². The maximum Gasteiger partial charge on any atom is 0.268 e. The second kappa shape index (κ2) is 4.47. The van der Waals surface area contributed by atoms with Crippen molar-refractivity contribution in [3.8, 4) is 0 Å². The van der Waals surface area contributed by atoms with Crippen molar-refractivity contribution >= 4 is 28.4 Å². The molecule has 2 fully saturated rings. The molecule has 5 heteroatoms. The normalized spacial score (nSPS) is 20.3. The Balaban J connectivity index is 1.54. The fourth-order valence-electron chi connectivity index (χ4n) is 3.91. The lowest BCUT2D eigenvalue weighted by Gasteiger charge is -2.54. The minimum Gasteiger partial charge on any atom is -0.348 e. The molecule has 4 rings (SSSR count). The van der Waals surface area contributed by atoms with Gasteiger partial charge in [-0.1, -0.05) is 18.0 Å². The molecule has 0 bridgehead atoms. The molecule has 2 saturated carbocycles. The molecule has 0 unspecified atom stereocenters. The number of nitrogens with one attached hydrogen (secondary N) is 1. The topological polar surface area (TPSA) is 46.9 Å². The number of amides is 1. The number of rotatable bonds is 2. The summed E-state index contributed by atoms with van der Waals surface area (Å²) in [5.74, 6) is -0.0102. The molecule has 21 heavy (non-hydrogen) atoms. The summed E-state index contributed by atoms with van der Waals surface area (Å²) in [5.41, 5.74) is 2.03. The Morgan fingerprint density at radius 3 is 2.86 bits per heavy atom. The molecule has 2 heterocycles. The number of nitrogens with zero attached hydrogens (tertiary/aromatic N) is 2. The lowest BCUT2D eigenvalue weighted by molar-refractivity contribution is -0.000736. The monoisotopic (exact) mass is 303 g/mol. The highest BCUT2D eigenvalue weighted by molar-refractivity contribution is 6.34. The van der Waals surface area contributed by atoms with E-state index in [-0.39, 0.29) is 5.91 Å². The average Bonchev–Trinajstić information content (AvgIpc) is 2.70. The molecule has 1 spiro atoms. The standard InChI is InChI=1S/C16H18ClN3O/c1-20-12(7-10-3-6-18-14(17)13(10)20)15(21)19-11-8-16(9-11)4-2-5-16/h3,6-7,11H,2,4-5,8-9H2,1H3,(H,19,21). The van der Waals surface area contributed by atoms with Crippen molar-refractivity contribution in [3.63, 3.8) is 0 Å². The number of fused-ring (bicyclic) bond motifs is 1. The molecular formula is C16H18ClN3O. The predicted octanol–water partition coefficient (Wildman–Crippen LogP) is 3.29. The van der Waals surface area contributed by atoms with Gasteiger partial charge in [0.25, 0.3) is 5.91 Å². The largest absolute Gasteiger partial charge is 0.348 e. The van der Waals surface area contributed by atoms with E-state index in [1.807, 2.05) is 23.7 Å². The van der Waals surface area contributed by atoms with Gasteiger partial charge in [0.2, 0.25) is 0 Å². The third kappa shape index (κ3) is 1.96. The number of carbonyl (C=O) groups excluding carboxylic acids is 1. The van der Waals surface area contributed by atoms with Crippen LogP contribution in [0.15, 0.2) is 18.3 Å². The molecule has 1 amide bonds. The van der Waals surface area contributed by atoms with E-state index in [9.17, 15) is 4.79 Å². The van der Waals surface area contributed by atoms with Gasteiger partial charge < -0.3 is 9.88 Å². The minimum atomic E-state index is -0.0102. The number of carbonyl (C=O) groups is 1. The number of hydrogen-bond acceptors (Lipinski definition) is 2. The summed E-state index contributed by atoms with van der Waals surface area (Å²) in [7, 11) is 1.86. The molecule has 0 aliphatic heterocycles. The van der Waals surface area contributed by atoms with E-state index in [4.69, 9.17) is 11.6 Å². The molecule has 2 aromatic rings. The smallest absolute Gasteiger partial charge is 0.268 e. The summed E-state index contributed by atoms with van der Waals surface area (Å²) >= 11 is 6.12. The zero-order valence-electron chi connectivity index (χ0n) is 12.0. The lowest BCUT2D eigenvalue weighted by atomic mass is 9.54. The van der Waals surface area contributed by atoms with Crippen molar-refractivity contribution < 1.29 is 4.79 Å². The Kier molecular flexibility index (Phi) is 2.80. The molecular weight excluding hydrogens is 286 g/mol. The summed E-state index contributed by atoms with van der Waals surface area (Å²) in [6.07, 6.45) is 7.99. The summed E-state index contributed by atoms with van der Waals surface area (Å²) in [6, 6.07) is 4.10. The molecule has 0 saturated heterocycles. The van der Waals surface area contributed by atoms with Crippen molar-refractivity contribution in [1.29, 1.82) is 0 Å². The fraction of sp³-hybridized carbons (Fsp3) is 0.500. The Bertz CT molecular complexity index is 724. The first-order valence-corrected chi connectivity index (χ1v) is 7.87. The molecule has 0 aromatic carbocycles. The van der Waals surface area contributed by atoms with Gasteiger partial charge in [0.15, 0.2) is 5.15 Å². The third-order valence-corrected chi connectivity index (χ3v) is 5.52. The Morgan fingerprint density at radius 2 is 2.24 bits per heavy atom. The van der Waals surface area contributed by atoms with E-state index in [1.165, 1.54) is 19.3 Å². The van der Waals surface area contributed by atoms with Crippen LogP contribution in [-0.4, -0.2) is 21.5 Å². The van der Waals surface area contributed by atoms with Gasteiger partial charge in [0, 0.05) is 24.7 Å². The Hall–Kier alpha value is -1.55. The second-order valence-electron chi connectivity index (χ2n) is 6.56. The molecule has 0 radical (unpaired) electrons. The number of hydrogen-bond donors (Lipinski definition) is 1. The molecule has 2 aliphatic rings. The van der Waals surface area contributed by atoms with Crippen LogP contribution in [0.5, 0.6) is 0 Å². The third-order valence-electron chi connectivity index (χ3n) is 5.24. The fourth-order valence-corrected chi connectivity index (χ4v) is 4.20. The summed E-state index contributed by atoms with van der Waals surface area (Å²) in [4.78, 5) is 16.6. The lowest BCUT2D eigenvalue weighted by Crippen LogP contribution is -2.53. The van der Waals surface area contributed by atoms with Crippen LogP contribution in [0.4, 0.5) is 0 Å². The van der Waals surface area contributed by atoms with Crippen LogP contribution in [0.3, 0.4) is 0 Å². The van der Waals surface area contributed by atoms with Crippen LogP contribution in [0.25, 0.3) is 10.9 Å². The number of halogens is 1. The molecule has 110 valence electrons. The highest BCUT2D eigenvalue weighted by atomic mass is 35.5. The van der Waals surface area contributed by atoms with Gasteiger partial charge in [-0.3, -0.25) is 4.79 Å². The highest BCUT2D eigenvalue weighted by Gasteiger charge is 2.48. The second-order valence-corrected chi connectivity index (χ2v) is 6.92. The van der Waals surface area contributed by atoms with Gasteiger partial charge >= 0.3 is 0 Å². The molecule has 2 aliphatic carbocycles. The molecule has 1 N–H and O–H groups in total. The van der Waals surface area contributed by atoms with Gasteiger partial charge in [0.1, 0.15) is 5.69 Å². The van der Waals surface area contributed by atoms with Crippen molar-refractivity contribution in [1.82, 2.24) is 14.9 Å². The van der Waals surface area contributed by atoms with Crippen molar-refractivity contribution in [2.24, 2.45) is 12.5 Å². The van der Waals surface area contributed by atoms with Gasteiger partial charge in [-0.25, -0.2) is 4.98 Å². The van der Waals surface area contributed by atoms with Crippen LogP contribution < -0.4 is 5.32 Å². The minimum absolute atomic E-state index is 0.0102. The first kappa shape index (κ1) is 13.1. The maximum absolute atomic E-state index is 12.5. The first-order chi connectivity index (χ1) is 10.1. The quantitative estimate of drug-likeness (QED) is 0.865. The van der Waals surface area contributed by atoms with Crippen LogP contribution in [0.2, 0.25) is 5.15 Å². The zero-order valence-corrected chi connectivity index (χ0v) is 12.8. The van der Waals surface area contributed by atoms with E-state index < -0.39 is 0 Å². The van der Waals surface area contributed by atoms with Gasteiger partial charge in [0.05, 0.1) is 5.52 Å². The van der Waals surface area contributed by atoms with Crippen molar-refractivity contribution in [2.45, 2.75) is 38.1 Å². The SMILES string of the molecule is Cn1c(C(=O)NC2CC3(CCC3)C2)cc2ccnc(Cl)c21. The zero-order chi connectivity index (χ0) is 14.6. The summed E-state index contributed by atoms with van der Waals surface area (Å²) in [5, 5.41) is 4.54. The molecule has 4 nitrogen and oxygen atoms in total. The predicted molar refractivity (Wildman–Crippen MR) is 82.5 cm³/mol. The van der Waals surface area contributed by atoms with Crippen molar-refractivity contribution in [3.05, 3.63) is 29.2 Å². The van der Waals surface area contributed by atoms with Crippen LogP contribution in [0, 0.1) is 5.41 Å². The van der Waals surface area contributed by atoms with Crippen LogP contribution in [0.1, 0.15) is 42.6 Å². The number of pyridine rings is 1. The Morgan fingerprint density at radius 1 is 1.48 bits per heavy atom. The van der Waals surface area contributed by atoms with Gasteiger partial charge in [-0.2, -0.15) is 0 Å². The van der Waals surface area contributed by atoms with Crippen molar-refractivity contribution in [2.75, 3.05) is 0 Å². The maximum atomic E-state index is 12.5. The summed E-state index contributed by atoms with van der Waals surface area (Å²) in [6.45, 7) is 0. The number of aryl methyl sites for hydroxylation is 1. The molecule has 2 aromatic heterocycles. The molecule has 0 atom stereocenters. The Labute approximate surface area is 128 Å². The van der Waals surface area contributed by atoms with Crippen LogP contribution in [-0.2, 0) is 7.05 Å². The first-order valence-electron chi connectivity index (χ1n) is 7.49. The highest BCUT2D eigenvalue weighted by Crippen LogP contribution is 2.55. The summed E-state index contributed by atoms with van der Waals surface area (Å²) < 4.78 is 1.83. The average molecular weight is 304 g/mol. The van der Waals surface area contributed by atoms with E-state index >= 15 is 0 Å². The van der Waals surface area contributed by atoms with E-state index in [2.05, 4.69) is 10.3 Å².